The fourth-order valence-corrected chi connectivity index (χ4v) is 8.12. The highest BCUT2D eigenvalue weighted by atomic mass is 32.1. The van der Waals surface area contributed by atoms with Crippen molar-refractivity contribution in [1.82, 2.24) is 4.57 Å². The minimum atomic E-state index is 0.165. The molecule has 7 aromatic rings. The summed E-state index contributed by atoms with van der Waals surface area (Å²) in [6.07, 6.45) is 6.83. The number of fused-ring (bicyclic) bond motifs is 6. The number of benzene rings is 5. The molecule has 46 heavy (non-hydrogen) atoms. The monoisotopic (exact) mass is 610 g/mol. The van der Waals surface area contributed by atoms with Crippen LogP contribution in [-0.2, 0) is 0 Å². The van der Waals surface area contributed by atoms with Crippen LogP contribution in [-0.4, -0.2) is 10.3 Å². The Hall–Kier alpha value is -5.65. The maximum absolute atomic E-state index is 9.17. The van der Waals surface area contributed by atoms with Gasteiger partial charge in [-0.05, 0) is 80.9 Å². The van der Waals surface area contributed by atoms with Gasteiger partial charge in [0.25, 0.3) is 0 Å². The van der Waals surface area contributed by atoms with E-state index in [1.165, 1.54) is 50.5 Å². The third kappa shape index (κ3) is 4.09. The zero-order chi connectivity index (χ0) is 30.8. The molecule has 2 atom stereocenters. The van der Waals surface area contributed by atoms with Gasteiger partial charge in [-0.15, -0.1) is 11.3 Å². The highest BCUT2D eigenvalue weighted by Gasteiger charge is 2.37. The van der Waals surface area contributed by atoms with Crippen molar-refractivity contribution >= 4 is 45.3 Å². The Morgan fingerprint density at radius 3 is 2.43 bits per heavy atom. The second-order valence-electron chi connectivity index (χ2n) is 12.0. The molecule has 2 unspecified atom stereocenters. The maximum Gasteiger partial charge on any atom is 0.0811 e. The average molecular weight is 611 g/mol. The van der Waals surface area contributed by atoms with E-state index in [4.69, 9.17) is 11.1 Å². The molecule has 0 spiro atoms. The van der Waals surface area contributed by atoms with E-state index in [0.29, 0.717) is 11.4 Å². The summed E-state index contributed by atoms with van der Waals surface area (Å²) in [6.45, 7) is 0. The molecule has 220 valence electrons. The smallest absolute Gasteiger partial charge is 0.0811 e. The third-order valence-electron chi connectivity index (χ3n) is 9.49. The number of thiophene rings is 1. The summed E-state index contributed by atoms with van der Waals surface area (Å²) in [5, 5.41) is 17.4. The maximum atomic E-state index is 9.17. The molecule has 4 N–H and O–H groups in total. The Bertz CT molecular complexity index is 2340. The van der Waals surface area contributed by atoms with Crippen LogP contribution in [0.25, 0.3) is 44.8 Å². The molecule has 3 heterocycles. The first-order valence-electron chi connectivity index (χ1n) is 15.5. The molecule has 0 saturated carbocycles. The van der Waals surface area contributed by atoms with Gasteiger partial charge in [0.15, 0.2) is 0 Å². The molecule has 1 aliphatic carbocycles. The van der Waals surface area contributed by atoms with Gasteiger partial charge in [-0.2, -0.15) is 0 Å². The largest absolute Gasteiger partial charge is 0.397 e. The van der Waals surface area contributed by atoms with Gasteiger partial charge >= 0.3 is 0 Å². The highest BCUT2D eigenvalue weighted by Crippen LogP contribution is 2.52. The van der Waals surface area contributed by atoms with Gasteiger partial charge in [0, 0.05) is 40.2 Å². The molecule has 0 amide bonds. The summed E-state index contributed by atoms with van der Waals surface area (Å²) in [6, 6.07) is 42.9. The predicted molar refractivity (Wildman–Crippen MR) is 193 cm³/mol. The summed E-state index contributed by atoms with van der Waals surface area (Å²) < 4.78 is 2.28. The molecule has 5 heteroatoms. The number of nitrogen functional groups attached to an aromatic ring is 1. The van der Waals surface area contributed by atoms with Crippen molar-refractivity contribution in [2.75, 3.05) is 11.1 Å². The van der Waals surface area contributed by atoms with Gasteiger partial charge in [0.2, 0.25) is 0 Å². The van der Waals surface area contributed by atoms with Crippen LogP contribution < -0.4 is 11.1 Å². The molecule has 0 bridgehead atoms. The van der Waals surface area contributed by atoms with Crippen molar-refractivity contribution in [3.8, 4) is 27.9 Å². The predicted octanol–water partition coefficient (Wildman–Crippen LogP) is 10.3. The summed E-state index contributed by atoms with van der Waals surface area (Å²) in [4.78, 5) is 0.800. The Morgan fingerprint density at radius 2 is 1.57 bits per heavy atom. The Morgan fingerprint density at radius 1 is 0.761 bits per heavy atom. The number of anilines is 2. The number of nitrogens with one attached hydrogen (secondary N) is 2. The van der Waals surface area contributed by atoms with E-state index >= 15 is 0 Å². The van der Waals surface area contributed by atoms with Crippen LogP contribution in [0.2, 0.25) is 0 Å². The number of para-hydroxylation sites is 2. The van der Waals surface area contributed by atoms with Gasteiger partial charge in [-0.25, -0.2) is 0 Å². The second kappa shape index (κ2) is 10.5. The van der Waals surface area contributed by atoms with E-state index in [0.717, 1.165) is 32.5 Å². The normalized spacial score (nSPS) is 16.1. The standard InChI is InChI=1S/C41H30N4S/c42-36-20-22-46-41(36)38(43)31-14-7-6-13-30(31)35-24-26(23-25-9-4-5-12-28(25)35)29-15-8-16-32-33-17-18-37-34(40(33)44-39(29)32)19-21-45(37)27-10-2-1-3-11-27/h1-24,33,40,43-44H,42H2. The summed E-state index contributed by atoms with van der Waals surface area (Å²) in [5.74, 6) is 0.256. The van der Waals surface area contributed by atoms with E-state index < -0.39 is 0 Å². The van der Waals surface area contributed by atoms with Gasteiger partial charge < -0.3 is 15.6 Å². The van der Waals surface area contributed by atoms with Crippen molar-refractivity contribution in [2.24, 2.45) is 0 Å². The molecule has 2 aromatic heterocycles. The lowest BCUT2D eigenvalue weighted by molar-refractivity contribution is 0.723. The minimum absolute atomic E-state index is 0.165. The first kappa shape index (κ1) is 26.7. The summed E-state index contributed by atoms with van der Waals surface area (Å²) in [7, 11) is 0. The highest BCUT2D eigenvalue weighted by molar-refractivity contribution is 7.13. The van der Waals surface area contributed by atoms with Crippen LogP contribution in [0.4, 0.5) is 11.4 Å². The number of hydrogen-bond donors (Lipinski definition) is 3. The molecule has 0 fully saturated rings. The van der Waals surface area contributed by atoms with Gasteiger partial charge in [-0.3, -0.25) is 5.41 Å². The van der Waals surface area contributed by atoms with Crippen molar-refractivity contribution in [1.29, 1.82) is 5.41 Å². The van der Waals surface area contributed by atoms with Gasteiger partial charge in [0.05, 0.1) is 28.0 Å². The topological polar surface area (TPSA) is 66.8 Å². The molecule has 5 aromatic carbocycles. The first-order chi connectivity index (χ1) is 22.7. The van der Waals surface area contributed by atoms with Crippen LogP contribution in [0.1, 0.15) is 39.2 Å². The van der Waals surface area contributed by atoms with E-state index in [2.05, 4.69) is 131 Å². The van der Waals surface area contributed by atoms with Crippen molar-refractivity contribution in [3.05, 3.63) is 166 Å². The molecule has 1 aliphatic heterocycles. The zero-order valence-corrected chi connectivity index (χ0v) is 25.8. The second-order valence-corrected chi connectivity index (χ2v) is 12.9. The van der Waals surface area contributed by atoms with Crippen molar-refractivity contribution in [3.63, 3.8) is 0 Å². The fourth-order valence-electron chi connectivity index (χ4n) is 7.34. The molecular weight excluding hydrogens is 581 g/mol. The number of nitrogens with zero attached hydrogens (tertiary/aromatic N) is 1. The Labute approximate surface area is 271 Å². The number of hydrogen-bond acceptors (Lipinski definition) is 4. The van der Waals surface area contributed by atoms with E-state index in [-0.39, 0.29) is 12.0 Å². The quantitative estimate of drug-likeness (QED) is 0.170. The average Bonchev–Trinajstić information content (AvgIpc) is 3.84. The van der Waals surface area contributed by atoms with Gasteiger partial charge in [0.1, 0.15) is 0 Å². The van der Waals surface area contributed by atoms with Crippen LogP contribution in [0.15, 0.2) is 139 Å². The fraction of sp³-hybridized carbons (Fsp3) is 0.0488. The van der Waals surface area contributed by atoms with E-state index in [1.807, 2.05) is 23.6 Å². The first-order valence-corrected chi connectivity index (χ1v) is 16.4. The molecule has 0 saturated heterocycles. The van der Waals surface area contributed by atoms with Crippen LogP contribution in [0, 0.1) is 5.41 Å². The minimum Gasteiger partial charge on any atom is -0.397 e. The number of aromatic nitrogens is 1. The summed E-state index contributed by atoms with van der Waals surface area (Å²) >= 11 is 1.51. The van der Waals surface area contributed by atoms with Crippen LogP contribution in [0.5, 0.6) is 0 Å². The van der Waals surface area contributed by atoms with Crippen molar-refractivity contribution < 1.29 is 0 Å². The number of rotatable bonds is 5. The molecule has 4 nitrogen and oxygen atoms in total. The lowest BCUT2D eigenvalue weighted by Gasteiger charge is -2.23. The Balaban J connectivity index is 1.17. The van der Waals surface area contributed by atoms with E-state index in [9.17, 15) is 0 Å². The molecule has 9 rings (SSSR count). The van der Waals surface area contributed by atoms with Crippen LogP contribution in [0.3, 0.4) is 0 Å². The van der Waals surface area contributed by atoms with Crippen LogP contribution >= 0.6 is 11.3 Å². The number of nitrogens with two attached hydrogens (primary N) is 1. The molecular formula is C41H30N4S. The SMILES string of the molecule is N=C(c1ccccc1-c1cc(-c2cccc3c2NC2c4ccn(-c5ccccc5)c4C=CC32)cc2ccccc12)c1sccc1N. The molecule has 0 radical (unpaired) electrons. The van der Waals surface area contributed by atoms with E-state index in [1.54, 1.807) is 0 Å². The molecule has 2 aliphatic rings. The third-order valence-corrected chi connectivity index (χ3v) is 10.4. The lowest BCUT2D eigenvalue weighted by atomic mass is 9.85. The van der Waals surface area contributed by atoms with Crippen molar-refractivity contribution in [2.45, 2.75) is 12.0 Å². The zero-order valence-electron chi connectivity index (χ0n) is 24.9. The Kier molecular flexibility index (Phi) is 6.08. The van der Waals surface area contributed by atoms with Gasteiger partial charge in [-0.1, -0.05) is 91.0 Å². The lowest BCUT2D eigenvalue weighted by Crippen LogP contribution is -2.14. The summed E-state index contributed by atoms with van der Waals surface area (Å²) in [5.41, 5.74) is 19.0.